The molecule has 0 aliphatic carbocycles. The zero-order valence-electron chi connectivity index (χ0n) is 15.1. The van der Waals surface area contributed by atoms with Gasteiger partial charge in [-0.05, 0) is 30.5 Å². The van der Waals surface area contributed by atoms with Gasteiger partial charge in [0.15, 0.2) is 0 Å². The summed E-state index contributed by atoms with van der Waals surface area (Å²) in [6.45, 7) is 0. The van der Waals surface area contributed by atoms with Crippen molar-refractivity contribution in [1.29, 1.82) is 0 Å². The molecule has 0 aliphatic rings. The second kappa shape index (κ2) is 8.77. The first kappa shape index (κ1) is 19.0. The largest absolute Gasteiger partial charge is 0.363 e. The maximum absolute atomic E-state index is 12.8. The summed E-state index contributed by atoms with van der Waals surface area (Å²) in [5.41, 5.74) is 7.17. The van der Waals surface area contributed by atoms with Crippen LogP contribution < -0.4 is 11.1 Å². The van der Waals surface area contributed by atoms with Crippen molar-refractivity contribution >= 4 is 17.6 Å². The number of Topliss-reactive ketones (excluding diaryl/α,β-unsaturated/α-hetero) is 1. The van der Waals surface area contributed by atoms with Gasteiger partial charge in [-0.2, -0.15) is 0 Å². The Morgan fingerprint density at radius 3 is 2.29 bits per heavy atom. The zero-order chi connectivity index (χ0) is 19.9. The van der Waals surface area contributed by atoms with Crippen LogP contribution in [0.25, 0.3) is 5.69 Å². The van der Waals surface area contributed by atoms with Crippen molar-refractivity contribution < 1.29 is 14.4 Å². The topological polar surface area (TPSA) is 107 Å². The number of benzene rings is 2. The zero-order valence-corrected chi connectivity index (χ0v) is 15.1. The Balaban J connectivity index is 1.77. The number of aryl methyl sites for hydroxylation is 1. The van der Waals surface area contributed by atoms with Crippen molar-refractivity contribution in [2.75, 3.05) is 0 Å². The Morgan fingerprint density at radius 2 is 1.64 bits per heavy atom. The number of nitrogens with zero attached hydrogens (tertiary/aromatic N) is 2. The lowest BCUT2D eigenvalue weighted by Gasteiger charge is -2.17. The van der Waals surface area contributed by atoms with E-state index in [1.54, 1.807) is 4.57 Å². The van der Waals surface area contributed by atoms with Gasteiger partial charge in [-0.25, -0.2) is 4.98 Å². The Labute approximate surface area is 162 Å². The van der Waals surface area contributed by atoms with Gasteiger partial charge in [0.05, 0.1) is 18.6 Å². The van der Waals surface area contributed by atoms with Crippen LogP contribution in [0.1, 0.15) is 22.5 Å². The van der Waals surface area contributed by atoms with Crippen molar-refractivity contribution in [2.45, 2.75) is 18.9 Å². The first-order valence-electron chi connectivity index (χ1n) is 8.82. The number of imidazole rings is 1. The van der Waals surface area contributed by atoms with Gasteiger partial charge in [0.25, 0.3) is 11.8 Å². The van der Waals surface area contributed by atoms with Gasteiger partial charge in [-0.3, -0.25) is 19.0 Å². The molecule has 0 bridgehead atoms. The lowest BCUT2D eigenvalue weighted by molar-refractivity contribution is -0.137. The molecule has 0 radical (unpaired) electrons. The van der Waals surface area contributed by atoms with Crippen LogP contribution in [0.5, 0.6) is 0 Å². The van der Waals surface area contributed by atoms with E-state index in [0.717, 1.165) is 11.3 Å². The molecule has 1 heterocycles. The Morgan fingerprint density at radius 1 is 1.00 bits per heavy atom. The maximum atomic E-state index is 12.8. The monoisotopic (exact) mass is 376 g/mol. The number of nitrogens with one attached hydrogen (secondary N) is 1. The Kier molecular flexibility index (Phi) is 5.96. The number of ketones is 1. The highest BCUT2D eigenvalue weighted by atomic mass is 16.2. The summed E-state index contributed by atoms with van der Waals surface area (Å²) in [6, 6.07) is 17.7. The molecule has 0 unspecified atom stereocenters. The summed E-state index contributed by atoms with van der Waals surface area (Å²) in [4.78, 5) is 40.4. The standard InChI is InChI=1S/C21H20N4O3/c22-20(27)19(26)17(12-11-15-7-3-1-4-8-15)24-21(28)18-13-23-14-25(18)16-9-5-2-6-10-16/h1-10,13-14,17H,11-12H2,(H2,22,27)(H,24,28)/t17-/m0/s1. The van der Waals surface area contributed by atoms with Crippen LogP contribution in [0.2, 0.25) is 0 Å². The second-order valence-corrected chi connectivity index (χ2v) is 6.26. The molecule has 7 nitrogen and oxygen atoms in total. The molecule has 0 aliphatic heterocycles. The summed E-state index contributed by atoms with van der Waals surface area (Å²) in [6.07, 6.45) is 3.70. The van der Waals surface area contributed by atoms with Gasteiger partial charge in [0.2, 0.25) is 5.78 Å². The molecule has 7 heteroatoms. The third kappa shape index (κ3) is 4.50. The van der Waals surface area contributed by atoms with Crippen LogP contribution in [0.15, 0.2) is 73.2 Å². The smallest absolute Gasteiger partial charge is 0.287 e. The van der Waals surface area contributed by atoms with Crippen LogP contribution >= 0.6 is 0 Å². The van der Waals surface area contributed by atoms with Gasteiger partial charge in [0, 0.05) is 5.69 Å². The normalized spacial score (nSPS) is 11.6. The van der Waals surface area contributed by atoms with Crippen molar-refractivity contribution in [1.82, 2.24) is 14.9 Å². The summed E-state index contributed by atoms with van der Waals surface area (Å²) in [7, 11) is 0. The minimum Gasteiger partial charge on any atom is -0.363 e. The molecular weight excluding hydrogens is 356 g/mol. The molecule has 0 saturated carbocycles. The third-order valence-corrected chi connectivity index (χ3v) is 4.33. The highest BCUT2D eigenvalue weighted by Crippen LogP contribution is 2.12. The van der Waals surface area contributed by atoms with Gasteiger partial charge < -0.3 is 11.1 Å². The summed E-state index contributed by atoms with van der Waals surface area (Å²) in [5, 5.41) is 2.63. The maximum Gasteiger partial charge on any atom is 0.287 e. The molecule has 0 spiro atoms. The lowest BCUT2D eigenvalue weighted by atomic mass is 10.0. The van der Waals surface area contributed by atoms with Crippen LogP contribution in [0.4, 0.5) is 0 Å². The molecule has 0 fully saturated rings. The molecule has 28 heavy (non-hydrogen) atoms. The fourth-order valence-electron chi connectivity index (χ4n) is 2.89. The van der Waals surface area contributed by atoms with Crippen LogP contribution in [-0.2, 0) is 16.0 Å². The van der Waals surface area contributed by atoms with Gasteiger partial charge in [-0.15, -0.1) is 0 Å². The molecule has 0 saturated heterocycles. The number of primary amides is 1. The first-order chi connectivity index (χ1) is 13.6. The predicted octanol–water partition coefficient (Wildman–Crippen LogP) is 1.66. The van der Waals surface area contributed by atoms with Crippen LogP contribution in [-0.4, -0.2) is 33.2 Å². The number of hydrogen-bond donors (Lipinski definition) is 2. The fraction of sp³-hybridized carbons (Fsp3) is 0.143. The Hall–Kier alpha value is -3.74. The van der Waals surface area contributed by atoms with Crippen molar-refractivity contribution in [3.63, 3.8) is 0 Å². The van der Waals surface area contributed by atoms with E-state index in [4.69, 9.17) is 5.73 Å². The average Bonchev–Trinajstić information content (AvgIpc) is 3.22. The first-order valence-corrected chi connectivity index (χ1v) is 8.82. The highest BCUT2D eigenvalue weighted by molar-refractivity contribution is 6.38. The van der Waals surface area contributed by atoms with E-state index < -0.39 is 23.6 Å². The number of rotatable bonds is 8. The quantitative estimate of drug-likeness (QED) is 0.583. The summed E-state index contributed by atoms with van der Waals surface area (Å²) < 4.78 is 1.61. The SMILES string of the molecule is NC(=O)C(=O)[C@H](CCc1ccccc1)NC(=O)c1cncn1-c1ccccc1. The van der Waals surface area contributed by atoms with Gasteiger partial charge in [0.1, 0.15) is 5.69 Å². The van der Waals surface area contributed by atoms with Gasteiger partial charge >= 0.3 is 0 Å². The summed E-state index contributed by atoms with van der Waals surface area (Å²) in [5.74, 6) is -2.40. The van der Waals surface area contributed by atoms with E-state index >= 15 is 0 Å². The van der Waals surface area contributed by atoms with E-state index in [2.05, 4.69) is 10.3 Å². The third-order valence-electron chi connectivity index (χ3n) is 4.33. The number of para-hydroxylation sites is 1. The van der Waals surface area contributed by atoms with Crippen molar-refractivity contribution in [2.24, 2.45) is 5.73 Å². The fourth-order valence-corrected chi connectivity index (χ4v) is 2.89. The van der Waals surface area contributed by atoms with E-state index in [1.807, 2.05) is 60.7 Å². The molecule has 1 aromatic heterocycles. The van der Waals surface area contributed by atoms with E-state index in [1.165, 1.54) is 12.5 Å². The molecule has 3 rings (SSSR count). The molecular formula is C21H20N4O3. The second-order valence-electron chi connectivity index (χ2n) is 6.26. The molecule has 1 atom stereocenters. The molecule has 3 aromatic rings. The van der Waals surface area contributed by atoms with Crippen LogP contribution in [0, 0.1) is 0 Å². The average molecular weight is 376 g/mol. The minimum atomic E-state index is -1.07. The van der Waals surface area contributed by atoms with Gasteiger partial charge in [-0.1, -0.05) is 48.5 Å². The van der Waals surface area contributed by atoms with E-state index in [0.29, 0.717) is 6.42 Å². The number of carbonyl (C=O) groups excluding carboxylic acids is 3. The van der Waals surface area contributed by atoms with Crippen molar-refractivity contribution in [3.8, 4) is 5.69 Å². The lowest BCUT2D eigenvalue weighted by Crippen LogP contribution is -2.46. The van der Waals surface area contributed by atoms with E-state index in [-0.39, 0.29) is 12.1 Å². The molecule has 2 aromatic carbocycles. The molecule has 142 valence electrons. The van der Waals surface area contributed by atoms with E-state index in [9.17, 15) is 14.4 Å². The van der Waals surface area contributed by atoms with Crippen molar-refractivity contribution in [3.05, 3.63) is 84.4 Å². The molecule has 2 amide bonds. The minimum absolute atomic E-state index is 0.258. The summed E-state index contributed by atoms with van der Waals surface area (Å²) >= 11 is 0. The number of amides is 2. The predicted molar refractivity (Wildman–Crippen MR) is 104 cm³/mol. The number of aromatic nitrogens is 2. The molecule has 3 N–H and O–H groups in total. The van der Waals surface area contributed by atoms with Crippen LogP contribution in [0.3, 0.4) is 0 Å². The number of nitrogens with two attached hydrogens (primary N) is 1. The Bertz CT molecular complexity index is 968. The number of hydrogen-bond acceptors (Lipinski definition) is 4. The highest BCUT2D eigenvalue weighted by Gasteiger charge is 2.26. The number of carbonyl (C=O) groups is 3.